The normalized spacial score (nSPS) is 10.8. The maximum atomic E-state index is 13.1. The molecule has 0 saturated carbocycles. The molecule has 3 N–H and O–H groups in total. The molecular formula is C24H23ClN6O4. The second-order valence-corrected chi connectivity index (χ2v) is 8.01. The van der Waals surface area contributed by atoms with E-state index in [1.165, 1.54) is 22.6 Å². The van der Waals surface area contributed by atoms with Crippen LogP contribution in [0.15, 0.2) is 76.6 Å². The number of aromatic amines is 1. The highest BCUT2D eigenvalue weighted by Crippen LogP contribution is 2.19. The minimum atomic E-state index is -0.663. The average Bonchev–Trinajstić information content (AvgIpc) is 3.35. The lowest BCUT2D eigenvalue weighted by Crippen LogP contribution is -2.36. The number of H-pyrrole nitrogens is 1. The second kappa shape index (κ2) is 10.9. The second-order valence-electron chi connectivity index (χ2n) is 7.57. The van der Waals surface area contributed by atoms with E-state index in [1.807, 2.05) is 30.3 Å². The summed E-state index contributed by atoms with van der Waals surface area (Å²) in [4.78, 5) is 40.7. The van der Waals surface area contributed by atoms with Crippen molar-refractivity contribution in [3.05, 3.63) is 104 Å². The van der Waals surface area contributed by atoms with Crippen molar-refractivity contribution in [2.24, 2.45) is 0 Å². The lowest BCUT2D eigenvalue weighted by Gasteiger charge is -2.17. The number of halogens is 1. The molecular weight excluding hydrogens is 472 g/mol. The first-order valence-corrected chi connectivity index (χ1v) is 11.1. The third-order valence-corrected chi connectivity index (χ3v) is 5.45. The Labute approximate surface area is 205 Å². The molecule has 0 unspecified atom stereocenters. The van der Waals surface area contributed by atoms with Gasteiger partial charge in [0, 0.05) is 24.9 Å². The van der Waals surface area contributed by atoms with E-state index in [4.69, 9.17) is 16.3 Å². The Bertz CT molecular complexity index is 1430. The van der Waals surface area contributed by atoms with Crippen LogP contribution in [0, 0.1) is 0 Å². The Morgan fingerprint density at radius 3 is 2.57 bits per heavy atom. The van der Waals surface area contributed by atoms with Gasteiger partial charge in [0.1, 0.15) is 11.5 Å². The summed E-state index contributed by atoms with van der Waals surface area (Å²) in [5, 5.41) is 10.6. The first kappa shape index (κ1) is 24.0. The third-order valence-electron chi connectivity index (χ3n) is 5.20. The van der Waals surface area contributed by atoms with Gasteiger partial charge in [0.15, 0.2) is 0 Å². The molecule has 0 saturated heterocycles. The summed E-state index contributed by atoms with van der Waals surface area (Å²) in [6, 6.07) is 16.4. The minimum Gasteiger partial charge on any atom is -0.383 e. The van der Waals surface area contributed by atoms with Crippen LogP contribution in [-0.2, 0) is 17.8 Å². The number of nitrogens with zero attached hydrogens (tertiary/aromatic N) is 3. The van der Waals surface area contributed by atoms with Gasteiger partial charge in [0.25, 0.3) is 11.5 Å². The molecule has 1 amide bonds. The number of rotatable bonds is 9. The van der Waals surface area contributed by atoms with E-state index in [-0.39, 0.29) is 30.2 Å². The van der Waals surface area contributed by atoms with Crippen LogP contribution in [0.5, 0.6) is 0 Å². The van der Waals surface area contributed by atoms with Gasteiger partial charge in [-0.05, 0) is 29.8 Å². The van der Waals surface area contributed by atoms with Crippen LogP contribution in [0.4, 0.5) is 11.5 Å². The summed E-state index contributed by atoms with van der Waals surface area (Å²) in [5.74, 6) is -0.500. The van der Waals surface area contributed by atoms with E-state index in [1.54, 1.807) is 30.5 Å². The summed E-state index contributed by atoms with van der Waals surface area (Å²) in [6.07, 6.45) is 2.94. The van der Waals surface area contributed by atoms with Crippen molar-refractivity contribution >= 4 is 29.0 Å². The summed E-state index contributed by atoms with van der Waals surface area (Å²) in [5.41, 5.74) is 0.620. The van der Waals surface area contributed by atoms with Gasteiger partial charge in [-0.1, -0.05) is 41.9 Å². The molecule has 0 aliphatic rings. The van der Waals surface area contributed by atoms with Crippen molar-refractivity contribution in [2.45, 2.75) is 13.1 Å². The zero-order valence-corrected chi connectivity index (χ0v) is 19.6. The fourth-order valence-corrected chi connectivity index (χ4v) is 3.53. The maximum absolute atomic E-state index is 13.1. The lowest BCUT2D eigenvalue weighted by atomic mass is 10.2. The molecule has 0 radical (unpaired) electrons. The van der Waals surface area contributed by atoms with Crippen LogP contribution in [0.1, 0.15) is 15.9 Å². The molecule has 0 atom stereocenters. The molecule has 35 heavy (non-hydrogen) atoms. The average molecular weight is 495 g/mol. The molecule has 2 aromatic carbocycles. The number of carbonyl (C=O) groups excluding carboxylic acids is 1. The third kappa shape index (κ3) is 5.68. The van der Waals surface area contributed by atoms with Crippen LogP contribution in [-0.4, -0.2) is 39.0 Å². The topological polar surface area (TPSA) is 123 Å². The molecule has 0 spiro atoms. The zero-order chi connectivity index (χ0) is 24.8. The highest BCUT2D eigenvalue weighted by atomic mass is 35.5. The molecule has 180 valence electrons. The van der Waals surface area contributed by atoms with E-state index in [0.29, 0.717) is 17.3 Å². The van der Waals surface area contributed by atoms with Crippen LogP contribution < -0.4 is 21.9 Å². The number of amides is 1. The molecule has 2 aromatic heterocycles. The first-order valence-electron chi connectivity index (χ1n) is 10.7. The summed E-state index contributed by atoms with van der Waals surface area (Å²) < 4.78 is 7.87. The fraction of sp³-hybridized carbons (Fsp3) is 0.167. The Balaban J connectivity index is 1.66. The molecule has 0 aliphatic heterocycles. The Hall–Kier alpha value is -4.15. The highest BCUT2D eigenvalue weighted by molar-refractivity contribution is 6.30. The van der Waals surface area contributed by atoms with Gasteiger partial charge in [-0.2, -0.15) is 5.10 Å². The van der Waals surface area contributed by atoms with E-state index >= 15 is 0 Å². The quantitative estimate of drug-likeness (QED) is 0.329. The molecule has 2 heterocycles. The monoisotopic (exact) mass is 494 g/mol. The molecule has 0 bridgehead atoms. The van der Waals surface area contributed by atoms with Gasteiger partial charge in [-0.25, -0.2) is 9.48 Å². The first-order chi connectivity index (χ1) is 17.0. The van der Waals surface area contributed by atoms with Crippen molar-refractivity contribution in [2.75, 3.05) is 24.4 Å². The van der Waals surface area contributed by atoms with E-state index in [0.717, 1.165) is 5.56 Å². The van der Waals surface area contributed by atoms with Crippen molar-refractivity contribution in [3.63, 3.8) is 0 Å². The molecule has 4 rings (SSSR count). The SMILES string of the molecule is COCCn1c(NC(=O)c2cnn(-c3ccc(Cl)cc3)c2)c(NCc2ccccc2)c(=O)[nH]c1=O. The van der Waals surface area contributed by atoms with Crippen LogP contribution in [0.3, 0.4) is 0 Å². The van der Waals surface area contributed by atoms with Gasteiger partial charge >= 0.3 is 5.69 Å². The van der Waals surface area contributed by atoms with E-state index < -0.39 is 17.2 Å². The molecule has 10 nitrogen and oxygen atoms in total. The summed E-state index contributed by atoms with van der Waals surface area (Å²) in [6.45, 7) is 0.622. The highest BCUT2D eigenvalue weighted by Gasteiger charge is 2.19. The van der Waals surface area contributed by atoms with Crippen LogP contribution in [0.25, 0.3) is 5.69 Å². The number of methoxy groups -OCH3 is 1. The lowest BCUT2D eigenvalue weighted by molar-refractivity contribution is 0.102. The summed E-state index contributed by atoms with van der Waals surface area (Å²) in [7, 11) is 1.49. The van der Waals surface area contributed by atoms with Gasteiger partial charge in [-0.15, -0.1) is 0 Å². The van der Waals surface area contributed by atoms with Crippen LogP contribution >= 0.6 is 11.6 Å². The Morgan fingerprint density at radius 2 is 1.86 bits per heavy atom. The standard InChI is InChI=1S/C24H23ClN6O4/c1-35-12-11-30-21(20(23(33)29-24(30)34)26-13-16-5-3-2-4-6-16)28-22(32)17-14-27-31(15-17)19-9-7-18(25)8-10-19/h2-10,14-15,26H,11-13H2,1H3,(H,28,32)(H,29,33,34). The number of anilines is 2. The number of hydrogen-bond acceptors (Lipinski definition) is 6. The molecule has 0 aliphatic carbocycles. The van der Waals surface area contributed by atoms with Gasteiger partial charge in [0.05, 0.1) is 30.6 Å². The molecule has 11 heteroatoms. The zero-order valence-electron chi connectivity index (χ0n) is 18.8. The van der Waals surface area contributed by atoms with Crippen molar-refractivity contribution in [3.8, 4) is 5.69 Å². The minimum absolute atomic E-state index is 0.0379. The number of aromatic nitrogens is 4. The van der Waals surface area contributed by atoms with Crippen LogP contribution in [0.2, 0.25) is 5.02 Å². The molecule has 0 fully saturated rings. The molecule has 4 aromatic rings. The number of ether oxygens (including phenoxy) is 1. The predicted octanol–water partition coefficient (Wildman–Crippen LogP) is 2.89. The van der Waals surface area contributed by atoms with E-state index in [9.17, 15) is 14.4 Å². The van der Waals surface area contributed by atoms with E-state index in [2.05, 4.69) is 20.7 Å². The Morgan fingerprint density at radius 1 is 1.11 bits per heavy atom. The van der Waals surface area contributed by atoms with Crippen molar-refractivity contribution < 1.29 is 9.53 Å². The number of nitrogens with one attached hydrogen (secondary N) is 3. The summed E-state index contributed by atoms with van der Waals surface area (Å²) >= 11 is 5.94. The van der Waals surface area contributed by atoms with Gasteiger partial charge in [-0.3, -0.25) is 19.1 Å². The van der Waals surface area contributed by atoms with Gasteiger partial charge in [0.2, 0.25) is 0 Å². The smallest absolute Gasteiger partial charge is 0.330 e. The predicted molar refractivity (Wildman–Crippen MR) is 133 cm³/mol. The largest absolute Gasteiger partial charge is 0.383 e. The Kier molecular flexibility index (Phi) is 7.44. The van der Waals surface area contributed by atoms with Crippen molar-refractivity contribution in [1.29, 1.82) is 0 Å². The number of benzene rings is 2. The fourth-order valence-electron chi connectivity index (χ4n) is 3.40. The number of carbonyl (C=O) groups is 1. The maximum Gasteiger partial charge on any atom is 0.330 e. The van der Waals surface area contributed by atoms with Gasteiger partial charge < -0.3 is 15.4 Å². The van der Waals surface area contributed by atoms with Crippen molar-refractivity contribution in [1.82, 2.24) is 19.3 Å². The number of hydrogen-bond donors (Lipinski definition) is 3.